The second-order valence-corrected chi connectivity index (χ2v) is 8.42. The fraction of sp³-hybridized carbons (Fsp3) is 0.0952. The summed E-state index contributed by atoms with van der Waals surface area (Å²) < 4.78 is 6.18. The van der Waals surface area contributed by atoms with E-state index in [1.54, 1.807) is 43.4 Å². The molecule has 3 aromatic rings. The maximum atomic E-state index is 12.3. The van der Waals surface area contributed by atoms with E-state index in [0.717, 1.165) is 14.9 Å². The van der Waals surface area contributed by atoms with Crippen molar-refractivity contribution < 1.29 is 14.3 Å². The van der Waals surface area contributed by atoms with E-state index in [0.29, 0.717) is 16.2 Å². The number of amides is 1. The number of nitriles is 1. The Bertz CT molecular complexity index is 1040. The van der Waals surface area contributed by atoms with Crippen molar-refractivity contribution in [2.75, 3.05) is 13.6 Å². The SMILES string of the molecule is CN(CC(=O)Oc1ccc(-c2ccc(C#N)cc2)cc1)C(=O)c1ccc(Br)s1. The summed E-state index contributed by atoms with van der Waals surface area (Å²) in [4.78, 5) is 26.3. The molecule has 0 atom stereocenters. The van der Waals surface area contributed by atoms with Gasteiger partial charge < -0.3 is 9.64 Å². The zero-order valence-electron chi connectivity index (χ0n) is 14.9. The number of benzene rings is 2. The highest BCUT2D eigenvalue weighted by Gasteiger charge is 2.17. The van der Waals surface area contributed by atoms with Gasteiger partial charge in [-0.05, 0) is 63.5 Å². The lowest BCUT2D eigenvalue weighted by Gasteiger charge is -2.15. The highest BCUT2D eigenvalue weighted by molar-refractivity contribution is 9.11. The Balaban J connectivity index is 1.59. The number of nitrogens with zero attached hydrogens (tertiary/aromatic N) is 2. The Hall–Kier alpha value is -2.95. The molecule has 0 radical (unpaired) electrons. The third-order valence-corrected chi connectivity index (χ3v) is 5.54. The van der Waals surface area contributed by atoms with Crippen LogP contribution in [-0.2, 0) is 4.79 Å². The van der Waals surface area contributed by atoms with Crippen LogP contribution in [0.2, 0.25) is 0 Å². The molecule has 0 spiro atoms. The quantitative estimate of drug-likeness (QED) is 0.412. The summed E-state index contributed by atoms with van der Waals surface area (Å²) in [6, 6.07) is 19.9. The molecule has 0 N–H and O–H groups in total. The third-order valence-electron chi connectivity index (χ3n) is 3.93. The van der Waals surface area contributed by atoms with Crippen LogP contribution in [0.5, 0.6) is 5.75 Å². The predicted molar refractivity (Wildman–Crippen MR) is 111 cm³/mol. The monoisotopic (exact) mass is 454 g/mol. The van der Waals surface area contributed by atoms with Crippen LogP contribution in [-0.4, -0.2) is 30.4 Å². The van der Waals surface area contributed by atoms with Crippen LogP contribution in [0.25, 0.3) is 11.1 Å². The number of halogens is 1. The summed E-state index contributed by atoms with van der Waals surface area (Å²) in [5, 5.41) is 8.86. The zero-order valence-corrected chi connectivity index (χ0v) is 17.3. The molecule has 0 saturated carbocycles. The van der Waals surface area contributed by atoms with Gasteiger partial charge in [0.1, 0.15) is 12.3 Å². The van der Waals surface area contributed by atoms with Gasteiger partial charge in [0.15, 0.2) is 0 Å². The molecule has 28 heavy (non-hydrogen) atoms. The summed E-state index contributed by atoms with van der Waals surface area (Å²) in [6.07, 6.45) is 0. The molecule has 0 aliphatic heterocycles. The molecular formula is C21H15BrN2O3S. The number of esters is 1. The van der Waals surface area contributed by atoms with E-state index in [1.807, 2.05) is 24.3 Å². The smallest absolute Gasteiger partial charge is 0.331 e. The van der Waals surface area contributed by atoms with Crippen molar-refractivity contribution in [2.45, 2.75) is 0 Å². The van der Waals surface area contributed by atoms with Crippen LogP contribution in [0.3, 0.4) is 0 Å². The number of rotatable bonds is 5. The van der Waals surface area contributed by atoms with Crippen LogP contribution >= 0.6 is 27.3 Å². The van der Waals surface area contributed by atoms with Gasteiger partial charge in [0, 0.05) is 7.05 Å². The van der Waals surface area contributed by atoms with Gasteiger partial charge in [-0.1, -0.05) is 24.3 Å². The Morgan fingerprint density at radius 2 is 1.64 bits per heavy atom. The first-order valence-electron chi connectivity index (χ1n) is 8.28. The van der Waals surface area contributed by atoms with E-state index >= 15 is 0 Å². The molecular weight excluding hydrogens is 440 g/mol. The minimum absolute atomic E-state index is 0.147. The molecule has 0 fully saturated rings. The number of carbonyl (C=O) groups is 2. The van der Waals surface area contributed by atoms with E-state index in [-0.39, 0.29) is 12.5 Å². The molecule has 0 aliphatic rings. The van der Waals surface area contributed by atoms with Crippen LogP contribution in [0, 0.1) is 11.3 Å². The molecule has 0 bridgehead atoms. The molecule has 2 aromatic carbocycles. The van der Waals surface area contributed by atoms with Gasteiger partial charge in [0.2, 0.25) is 0 Å². The molecule has 1 amide bonds. The molecule has 0 saturated heterocycles. The topological polar surface area (TPSA) is 70.4 Å². The van der Waals surface area contributed by atoms with Crippen molar-refractivity contribution in [1.82, 2.24) is 4.90 Å². The normalized spacial score (nSPS) is 10.2. The van der Waals surface area contributed by atoms with Crippen molar-refractivity contribution in [3.63, 3.8) is 0 Å². The van der Waals surface area contributed by atoms with Crippen molar-refractivity contribution in [3.8, 4) is 22.9 Å². The first-order valence-corrected chi connectivity index (χ1v) is 9.89. The number of carbonyl (C=O) groups excluding carboxylic acids is 2. The second kappa shape index (κ2) is 8.83. The fourth-order valence-electron chi connectivity index (χ4n) is 2.50. The summed E-state index contributed by atoms with van der Waals surface area (Å²) in [5.74, 6) is -0.344. The minimum atomic E-state index is -0.516. The first-order chi connectivity index (χ1) is 13.5. The number of likely N-dealkylation sites (N-methyl/N-ethyl adjacent to an activating group) is 1. The number of hydrogen-bond donors (Lipinski definition) is 0. The van der Waals surface area contributed by atoms with Crippen LogP contribution < -0.4 is 4.74 Å². The Morgan fingerprint density at radius 3 is 2.18 bits per heavy atom. The fourth-order valence-corrected chi connectivity index (χ4v) is 3.88. The van der Waals surface area contributed by atoms with Gasteiger partial charge in [-0.2, -0.15) is 5.26 Å². The molecule has 7 heteroatoms. The van der Waals surface area contributed by atoms with E-state index in [9.17, 15) is 9.59 Å². The lowest BCUT2D eigenvalue weighted by atomic mass is 10.0. The van der Waals surface area contributed by atoms with Gasteiger partial charge in [0.25, 0.3) is 5.91 Å². The Kier molecular flexibility index (Phi) is 6.24. The number of thiophene rings is 1. The molecule has 0 unspecified atom stereocenters. The minimum Gasteiger partial charge on any atom is -0.425 e. The molecule has 140 valence electrons. The van der Waals surface area contributed by atoms with Gasteiger partial charge in [-0.3, -0.25) is 4.79 Å². The van der Waals surface area contributed by atoms with E-state index in [2.05, 4.69) is 22.0 Å². The number of hydrogen-bond acceptors (Lipinski definition) is 5. The summed E-state index contributed by atoms with van der Waals surface area (Å²) in [5.41, 5.74) is 2.51. The maximum absolute atomic E-state index is 12.3. The van der Waals surface area contributed by atoms with Crippen LogP contribution in [0.15, 0.2) is 64.5 Å². The average molecular weight is 455 g/mol. The first kappa shape index (κ1) is 19.8. The van der Waals surface area contributed by atoms with Gasteiger partial charge >= 0.3 is 5.97 Å². The molecule has 0 aliphatic carbocycles. The highest BCUT2D eigenvalue weighted by Crippen LogP contribution is 2.24. The van der Waals surface area contributed by atoms with Crippen molar-refractivity contribution in [3.05, 3.63) is 74.9 Å². The third kappa shape index (κ3) is 4.85. The van der Waals surface area contributed by atoms with Crippen molar-refractivity contribution in [1.29, 1.82) is 5.26 Å². The van der Waals surface area contributed by atoms with E-state index < -0.39 is 5.97 Å². The standard InChI is InChI=1S/C21H15BrN2O3S/c1-24(21(26)18-10-11-19(22)28-18)13-20(25)27-17-8-6-16(7-9-17)15-4-2-14(12-23)3-5-15/h2-11H,13H2,1H3. The van der Waals surface area contributed by atoms with Crippen molar-refractivity contribution in [2.24, 2.45) is 0 Å². The van der Waals surface area contributed by atoms with E-state index in [1.165, 1.54) is 16.2 Å². The largest absolute Gasteiger partial charge is 0.425 e. The lowest BCUT2D eigenvalue weighted by Crippen LogP contribution is -2.33. The lowest BCUT2D eigenvalue weighted by molar-refractivity contribution is -0.134. The Labute approximate surface area is 174 Å². The van der Waals surface area contributed by atoms with Gasteiger partial charge in [0.05, 0.1) is 20.3 Å². The molecule has 1 aromatic heterocycles. The van der Waals surface area contributed by atoms with Crippen LogP contribution in [0.1, 0.15) is 15.2 Å². The summed E-state index contributed by atoms with van der Waals surface area (Å²) in [6.45, 7) is -0.147. The highest BCUT2D eigenvalue weighted by atomic mass is 79.9. The second-order valence-electron chi connectivity index (χ2n) is 5.95. The van der Waals surface area contributed by atoms with Gasteiger partial charge in [-0.25, -0.2) is 4.79 Å². The number of ether oxygens (including phenoxy) is 1. The molecule has 3 rings (SSSR count). The average Bonchev–Trinajstić information content (AvgIpc) is 3.14. The maximum Gasteiger partial charge on any atom is 0.331 e. The predicted octanol–water partition coefficient (Wildman–Crippen LogP) is 4.73. The summed E-state index contributed by atoms with van der Waals surface area (Å²) >= 11 is 4.63. The van der Waals surface area contributed by atoms with Crippen molar-refractivity contribution >= 4 is 39.1 Å². The molecule has 1 heterocycles. The Morgan fingerprint density at radius 1 is 1.04 bits per heavy atom. The zero-order chi connectivity index (χ0) is 20.1. The van der Waals surface area contributed by atoms with Crippen LogP contribution in [0.4, 0.5) is 0 Å². The summed E-state index contributed by atoms with van der Waals surface area (Å²) in [7, 11) is 1.56. The van der Waals surface area contributed by atoms with Gasteiger partial charge in [-0.15, -0.1) is 11.3 Å². The molecule has 5 nitrogen and oxygen atoms in total. The van der Waals surface area contributed by atoms with E-state index in [4.69, 9.17) is 10.00 Å².